The molecule has 0 saturated carbocycles. The predicted molar refractivity (Wildman–Crippen MR) is 99.9 cm³/mol. The van der Waals surface area contributed by atoms with Crippen molar-refractivity contribution in [3.8, 4) is 0 Å². The van der Waals surface area contributed by atoms with Crippen LogP contribution in [0.5, 0.6) is 0 Å². The second-order valence-electron chi connectivity index (χ2n) is 6.35. The molecule has 0 aliphatic heterocycles. The number of carbonyl (C=O) groups excluding carboxylic acids is 1. The van der Waals surface area contributed by atoms with E-state index in [2.05, 4.69) is 31.7 Å². The van der Waals surface area contributed by atoms with Gasteiger partial charge in [0, 0.05) is 35.8 Å². The fourth-order valence-corrected chi connectivity index (χ4v) is 2.79. The fourth-order valence-electron chi connectivity index (χ4n) is 2.79. The van der Waals surface area contributed by atoms with E-state index >= 15 is 0 Å². The lowest BCUT2D eigenvalue weighted by molar-refractivity contribution is 0.0949. The van der Waals surface area contributed by atoms with Gasteiger partial charge in [0.1, 0.15) is 17.3 Å². The molecule has 0 spiro atoms. The maximum absolute atomic E-state index is 12.4. The van der Waals surface area contributed by atoms with E-state index in [9.17, 15) is 4.79 Å². The molecule has 3 aromatic rings. The molecular formula is C19H23N5O. The predicted octanol–water partition coefficient (Wildman–Crippen LogP) is 3.06. The molecule has 2 heterocycles. The molecule has 0 bridgehead atoms. The largest absolute Gasteiger partial charge is 0.368 e. The summed E-state index contributed by atoms with van der Waals surface area (Å²) in [6, 6.07) is 10.1. The van der Waals surface area contributed by atoms with Crippen molar-refractivity contribution in [1.82, 2.24) is 20.3 Å². The van der Waals surface area contributed by atoms with Crippen LogP contribution in [-0.4, -0.2) is 33.4 Å². The van der Waals surface area contributed by atoms with Gasteiger partial charge in [0.2, 0.25) is 0 Å². The van der Waals surface area contributed by atoms with Crippen molar-refractivity contribution in [2.75, 3.05) is 11.9 Å². The topological polar surface area (TPSA) is 82.7 Å². The van der Waals surface area contributed by atoms with E-state index in [0.717, 1.165) is 11.9 Å². The first-order valence-corrected chi connectivity index (χ1v) is 8.48. The zero-order valence-electron chi connectivity index (χ0n) is 14.8. The monoisotopic (exact) mass is 337 g/mol. The smallest absolute Gasteiger partial charge is 0.270 e. The van der Waals surface area contributed by atoms with E-state index in [1.165, 1.54) is 10.9 Å². The average Bonchev–Trinajstić information content (AvgIpc) is 2.97. The normalized spacial score (nSPS) is 11.0. The fraction of sp³-hybridized carbons (Fsp3) is 0.316. The summed E-state index contributed by atoms with van der Waals surface area (Å²) >= 11 is 0. The highest BCUT2D eigenvalue weighted by Crippen LogP contribution is 2.17. The zero-order valence-corrected chi connectivity index (χ0v) is 14.8. The lowest BCUT2D eigenvalue weighted by Crippen LogP contribution is -2.27. The van der Waals surface area contributed by atoms with E-state index in [1.54, 1.807) is 13.0 Å². The molecule has 1 aromatic carbocycles. The van der Waals surface area contributed by atoms with Gasteiger partial charge in [0.05, 0.1) is 0 Å². The number of aromatic amines is 1. The van der Waals surface area contributed by atoms with Gasteiger partial charge >= 0.3 is 0 Å². The van der Waals surface area contributed by atoms with Gasteiger partial charge in [-0.3, -0.25) is 4.79 Å². The first-order valence-electron chi connectivity index (χ1n) is 8.48. The number of amides is 1. The quantitative estimate of drug-likeness (QED) is 0.645. The Hall–Kier alpha value is -2.89. The van der Waals surface area contributed by atoms with Crippen LogP contribution >= 0.6 is 0 Å². The second-order valence-corrected chi connectivity index (χ2v) is 6.35. The van der Waals surface area contributed by atoms with Crippen molar-refractivity contribution in [1.29, 1.82) is 0 Å². The number of hydrogen-bond acceptors (Lipinski definition) is 4. The third-order valence-electron chi connectivity index (χ3n) is 3.86. The first kappa shape index (κ1) is 17.0. The first-order chi connectivity index (χ1) is 12.0. The van der Waals surface area contributed by atoms with Crippen LogP contribution in [0.3, 0.4) is 0 Å². The Kier molecular flexibility index (Phi) is 4.97. The SMILES string of the molecule is Cc1nc(NC(C)C)cc(C(=O)NCCc2c[nH]c3ccccc23)n1. The number of nitrogens with zero attached hydrogens (tertiary/aromatic N) is 2. The molecular weight excluding hydrogens is 314 g/mol. The molecule has 0 radical (unpaired) electrons. The highest BCUT2D eigenvalue weighted by molar-refractivity contribution is 5.93. The molecule has 0 aliphatic rings. The van der Waals surface area contributed by atoms with Crippen LogP contribution in [0.2, 0.25) is 0 Å². The number of aryl methyl sites for hydroxylation is 1. The van der Waals surface area contributed by atoms with Gasteiger partial charge in [-0.15, -0.1) is 0 Å². The number of aromatic nitrogens is 3. The Bertz CT molecular complexity index is 884. The number of nitrogens with one attached hydrogen (secondary N) is 3. The van der Waals surface area contributed by atoms with Crippen molar-refractivity contribution in [3.05, 3.63) is 53.6 Å². The lowest BCUT2D eigenvalue weighted by Gasteiger charge is -2.11. The summed E-state index contributed by atoms with van der Waals surface area (Å²) in [5.74, 6) is 1.06. The Morgan fingerprint density at radius 2 is 2.04 bits per heavy atom. The standard InChI is InChI=1S/C19H23N5O/c1-12(2)22-18-10-17(23-13(3)24-18)19(25)20-9-8-14-11-21-16-7-5-4-6-15(14)16/h4-7,10-12,21H,8-9H2,1-3H3,(H,20,25)(H,22,23,24). The average molecular weight is 337 g/mol. The Morgan fingerprint density at radius 3 is 2.84 bits per heavy atom. The van der Waals surface area contributed by atoms with Crippen molar-refractivity contribution in [2.24, 2.45) is 0 Å². The molecule has 6 heteroatoms. The number of fused-ring (bicyclic) bond motifs is 1. The molecule has 0 fully saturated rings. The van der Waals surface area contributed by atoms with Crippen LogP contribution in [0.1, 0.15) is 35.7 Å². The van der Waals surface area contributed by atoms with Crippen LogP contribution in [0.4, 0.5) is 5.82 Å². The van der Waals surface area contributed by atoms with Crippen LogP contribution in [-0.2, 0) is 6.42 Å². The summed E-state index contributed by atoms with van der Waals surface area (Å²) in [6.45, 7) is 6.39. The number of benzene rings is 1. The number of para-hydroxylation sites is 1. The molecule has 0 saturated heterocycles. The molecule has 1 amide bonds. The molecule has 0 unspecified atom stereocenters. The van der Waals surface area contributed by atoms with Crippen molar-refractivity contribution in [3.63, 3.8) is 0 Å². The Morgan fingerprint density at radius 1 is 1.24 bits per heavy atom. The molecule has 0 atom stereocenters. The molecule has 0 aliphatic carbocycles. The lowest BCUT2D eigenvalue weighted by atomic mass is 10.1. The molecule has 3 N–H and O–H groups in total. The molecule has 3 rings (SSSR count). The highest BCUT2D eigenvalue weighted by atomic mass is 16.1. The number of hydrogen-bond donors (Lipinski definition) is 3. The summed E-state index contributed by atoms with van der Waals surface area (Å²) in [6.07, 6.45) is 2.76. The molecule has 6 nitrogen and oxygen atoms in total. The minimum absolute atomic E-state index is 0.183. The zero-order chi connectivity index (χ0) is 17.8. The van der Waals surface area contributed by atoms with Gasteiger partial charge in [-0.2, -0.15) is 0 Å². The van der Waals surface area contributed by atoms with Crippen molar-refractivity contribution >= 4 is 22.6 Å². The van der Waals surface area contributed by atoms with Gasteiger partial charge < -0.3 is 15.6 Å². The molecule has 130 valence electrons. The number of H-pyrrole nitrogens is 1. The number of carbonyl (C=O) groups is 1. The molecule has 2 aromatic heterocycles. The van der Waals surface area contributed by atoms with E-state index in [-0.39, 0.29) is 11.9 Å². The van der Waals surface area contributed by atoms with E-state index in [0.29, 0.717) is 23.9 Å². The van der Waals surface area contributed by atoms with E-state index < -0.39 is 0 Å². The summed E-state index contributed by atoms with van der Waals surface area (Å²) in [5, 5.41) is 7.34. The number of anilines is 1. The van der Waals surface area contributed by atoms with Gasteiger partial charge in [0.15, 0.2) is 0 Å². The Labute approximate surface area is 147 Å². The van der Waals surface area contributed by atoms with Crippen LogP contribution in [0.25, 0.3) is 10.9 Å². The third-order valence-corrected chi connectivity index (χ3v) is 3.86. The van der Waals surface area contributed by atoms with Crippen molar-refractivity contribution in [2.45, 2.75) is 33.2 Å². The van der Waals surface area contributed by atoms with Crippen LogP contribution in [0, 0.1) is 6.92 Å². The highest BCUT2D eigenvalue weighted by Gasteiger charge is 2.11. The summed E-state index contributed by atoms with van der Waals surface area (Å²) < 4.78 is 0. The Balaban J connectivity index is 1.63. The summed E-state index contributed by atoms with van der Waals surface area (Å²) in [7, 11) is 0. The maximum atomic E-state index is 12.4. The minimum atomic E-state index is -0.183. The van der Waals surface area contributed by atoms with Gasteiger partial charge in [-0.05, 0) is 38.8 Å². The van der Waals surface area contributed by atoms with E-state index in [4.69, 9.17) is 0 Å². The maximum Gasteiger partial charge on any atom is 0.270 e. The van der Waals surface area contributed by atoms with E-state index in [1.807, 2.05) is 38.2 Å². The molecule has 25 heavy (non-hydrogen) atoms. The van der Waals surface area contributed by atoms with Gasteiger partial charge in [-0.1, -0.05) is 18.2 Å². The van der Waals surface area contributed by atoms with Crippen LogP contribution in [0.15, 0.2) is 36.5 Å². The van der Waals surface area contributed by atoms with Gasteiger partial charge in [-0.25, -0.2) is 9.97 Å². The summed E-state index contributed by atoms with van der Waals surface area (Å²) in [4.78, 5) is 24.2. The van der Waals surface area contributed by atoms with Crippen LogP contribution < -0.4 is 10.6 Å². The van der Waals surface area contributed by atoms with Gasteiger partial charge in [0.25, 0.3) is 5.91 Å². The minimum Gasteiger partial charge on any atom is -0.368 e. The third kappa shape index (κ3) is 4.15. The summed E-state index contributed by atoms with van der Waals surface area (Å²) in [5.41, 5.74) is 2.69. The number of rotatable bonds is 6. The van der Waals surface area contributed by atoms with Crippen molar-refractivity contribution < 1.29 is 4.79 Å². The second kappa shape index (κ2) is 7.34.